The number of amides is 1. The molecule has 6 nitrogen and oxygen atoms in total. The van der Waals surface area contributed by atoms with Gasteiger partial charge in [0.25, 0.3) is 0 Å². The van der Waals surface area contributed by atoms with Gasteiger partial charge < -0.3 is 14.8 Å². The van der Waals surface area contributed by atoms with E-state index in [-0.39, 0.29) is 11.2 Å². The SMILES string of the molecule is COc1ccc(CSc2nnc(SC(C)C(=O)Nc3ccc(OC)c(Cl)c3)s2)cc1. The number of rotatable bonds is 9. The van der Waals surface area contributed by atoms with Gasteiger partial charge in [-0.3, -0.25) is 4.79 Å². The standard InChI is InChI=1S/C20H20ClN3O3S3/c1-12(18(25)22-14-6-9-17(27-3)16(21)10-14)29-20-24-23-19(30-20)28-11-13-4-7-15(26-2)8-5-13/h4-10,12H,11H2,1-3H3,(H,22,25). The number of nitrogens with zero attached hydrogens (tertiary/aromatic N) is 2. The van der Waals surface area contributed by atoms with Crippen molar-refractivity contribution in [3.63, 3.8) is 0 Å². The van der Waals surface area contributed by atoms with Crippen molar-refractivity contribution in [1.82, 2.24) is 10.2 Å². The highest BCUT2D eigenvalue weighted by Crippen LogP contribution is 2.33. The first-order valence-corrected chi connectivity index (χ1v) is 11.9. The molecule has 1 aromatic heterocycles. The highest BCUT2D eigenvalue weighted by Gasteiger charge is 2.18. The number of thioether (sulfide) groups is 2. The molecule has 0 radical (unpaired) electrons. The molecule has 0 aliphatic heterocycles. The summed E-state index contributed by atoms with van der Waals surface area (Å²) in [6, 6.07) is 13.1. The lowest BCUT2D eigenvalue weighted by Crippen LogP contribution is -2.22. The van der Waals surface area contributed by atoms with Gasteiger partial charge in [-0.15, -0.1) is 10.2 Å². The average Bonchev–Trinajstić information content (AvgIpc) is 3.20. The molecule has 3 aromatic rings. The lowest BCUT2D eigenvalue weighted by molar-refractivity contribution is -0.115. The zero-order valence-electron chi connectivity index (χ0n) is 16.5. The first-order valence-electron chi connectivity index (χ1n) is 8.88. The topological polar surface area (TPSA) is 73.3 Å². The molecule has 10 heteroatoms. The highest BCUT2D eigenvalue weighted by molar-refractivity contribution is 8.03. The molecule has 0 bridgehead atoms. The fourth-order valence-electron chi connectivity index (χ4n) is 2.36. The van der Waals surface area contributed by atoms with Gasteiger partial charge in [0.05, 0.1) is 24.5 Å². The number of methoxy groups -OCH3 is 2. The first kappa shape index (κ1) is 22.7. The Labute approximate surface area is 192 Å². The van der Waals surface area contributed by atoms with Gasteiger partial charge in [-0.1, -0.05) is 58.6 Å². The van der Waals surface area contributed by atoms with Crippen molar-refractivity contribution in [3.05, 3.63) is 53.1 Å². The summed E-state index contributed by atoms with van der Waals surface area (Å²) in [4.78, 5) is 12.5. The van der Waals surface area contributed by atoms with Gasteiger partial charge in [-0.2, -0.15) is 0 Å². The number of carbonyl (C=O) groups excluding carboxylic acids is 1. The van der Waals surface area contributed by atoms with Crippen molar-refractivity contribution in [2.45, 2.75) is 26.6 Å². The summed E-state index contributed by atoms with van der Waals surface area (Å²) in [5.74, 6) is 2.05. The smallest absolute Gasteiger partial charge is 0.237 e. The van der Waals surface area contributed by atoms with Gasteiger partial charge in [0.15, 0.2) is 8.68 Å². The molecule has 158 valence electrons. The van der Waals surface area contributed by atoms with Gasteiger partial charge in [0.2, 0.25) is 5.91 Å². The Morgan fingerprint density at radius 2 is 1.87 bits per heavy atom. The Hall–Kier alpha value is -1.94. The third-order valence-corrected chi connectivity index (χ3v) is 7.58. The Balaban J connectivity index is 1.51. The second-order valence-electron chi connectivity index (χ2n) is 6.07. The minimum absolute atomic E-state index is 0.135. The summed E-state index contributed by atoms with van der Waals surface area (Å²) in [5.41, 5.74) is 1.79. The summed E-state index contributed by atoms with van der Waals surface area (Å²) >= 11 is 10.6. The molecule has 3 rings (SSSR count). The van der Waals surface area contributed by atoms with Crippen LogP contribution in [-0.2, 0) is 10.5 Å². The molecular formula is C20H20ClN3O3S3. The Kier molecular flexibility index (Phi) is 8.26. The summed E-state index contributed by atoms with van der Waals surface area (Å²) in [7, 11) is 3.20. The maximum atomic E-state index is 12.5. The van der Waals surface area contributed by atoms with Crippen molar-refractivity contribution < 1.29 is 14.3 Å². The van der Waals surface area contributed by atoms with Gasteiger partial charge in [0, 0.05) is 11.4 Å². The van der Waals surface area contributed by atoms with Gasteiger partial charge in [-0.05, 0) is 42.8 Å². The molecule has 0 saturated heterocycles. The van der Waals surface area contributed by atoms with E-state index in [1.807, 2.05) is 31.2 Å². The van der Waals surface area contributed by atoms with Crippen LogP contribution in [0.1, 0.15) is 12.5 Å². The highest BCUT2D eigenvalue weighted by atomic mass is 35.5. The molecule has 0 aliphatic rings. The molecule has 0 aliphatic carbocycles. The Bertz CT molecular complexity index is 998. The van der Waals surface area contributed by atoms with Crippen LogP contribution in [0.5, 0.6) is 11.5 Å². The number of anilines is 1. The average molecular weight is 482 g/mol. The largest absolute Gasteiger partial charge is 0.497 e. The Morgan fingerprint density at radius 1 is 1.13 bits per heavy atom. The Morgan fingerprint density at radius 3 is 2.53 bits per heavy atom. The van der Waals surface area contributed by atoms with Crippen LogP contribution in [0.15, 0.2) is 51.1 Å². The monoisotopic (exact) mass is 481 g/mol. The maximum Gasteiger partial charge on any atom is 0.237 e. The zero-order chi connectivity index (χ0) is 21.5. The van der Waals surface area contributed by atoms with E-state index in [1.165, 1.54) is 28.7 Å². The fourth-order valence-corrected chi connectivity index (χ4v) is 5.74. The lowest BCUT2D eigenvalue weighted by Gasteiger charge is -2.11. The van der Waals surface area contributed by atoms with Crippen LogP contribution in [0.4, 0.5) is 5.69 Å². The summed E-state index contributed by atoms with van der Waals surface area (Å²) in [6.07, 6.45) is 0. The van der Waals surface area contributed by atoms with E-state index >= 15 is 0 Å². The fraction of sp³-hybridized carbons (Fsp3) is 0.250. The number of benzene rings is 2. The van der Waals surface area contributed by atoms with Crippen molar-refractivity contribution in [2.75, 3.05) is 19.5 Å². The van der Waals surface area contributed by atoms with E-state index in [0.717, 1.165) is 20.2 Å². The van der Waals surface area contributed by atoms with E-state index in [2.05, 4.69) is 15.5 Å². The van der Waals surface area contributed by atoms with Crippen LogP contribution >= 0.6 is 46.5 Å². The van der Waals surface area contributed by atoms with Crippen molar-refractivity contribution in [2.24, 2.45) is 0 Å². The van der Waals surface area contributed by atoms with Crippen molar-refractivity contribution in [3.8, 4) is 11.5 Å². The summed E-state index contributed by atoms with van der Waals surface area (Å²) < 4.78 is 11.9. The summed E-state index contributed by atoms with van der Waals surface area (Å²) in [6.45, 7) is 1.83. The van der Waals surface area contributed by atoms with E-state index < -0.39 is 0 Å². The third kappa shape index (κ3) is 6.28. The number of hydrogen-bond acceptors (Lipinski definition) is 8. The van der Waals surface area contributed by atoms with Crippen LogP contribution in [0, 0.1) is 0 Å². The van der Waals surface area contributed by atoms with Gasteiger partial charge in [-0.25, -0.2) is 0 Å². The molecule has 0 saturated carbocycles. The molecule has 1 atom stereocenters. The van der Waals surface area contributed by atoms with Crippen molar-refractivity contribution in [1.29, 1.82) is 0 Å². The molecule has 0 fully saturated rings. The number of hydrogen-bond donors (Lipinski definition) is 1. The molecule has 1 N–H and O–H groups in total. The molecule has 1 heterocycles. The minimum Gasteiger partial charge on any atom is -0.497 e. The number of ether oxygens (including phenoxy) is 2. The van der Waals surface area contributed by atoms with E-state index in [1.54, 1.807) is 44.2 Å². The number of halogens is 1. The normalized spacial score (nSPS) is 11.7. The van der Waals surface area contributed by atoms with E-state index in [9.17, 15) is 4.79 Å². The lowest BCUT2D eigenvalue weighted by atomic mass is 10.2. The first-order chi connectivity index (χ1) is 14.5. The molecule has 2 aromatic carbocycles. The molecule has 1 unspecified atom stereocenters. The van der Waals surface area contributed by atoms with Gasteiger partial charge in [0.1, 0.15) is 11.5 Å². The minimum atomic E-state index is -0.335. The molecule has 30 heavy (non-hydrogen) atoms. The second-order valence-corrected chi connectivity index (χ2v) is 10.3. The second kappa shape index (κ2) is 10.9. The number of carbonyl (C=O) groups is 1. The van der Waals surface area contributed by atoms with Gasteiger partial charge >= 0.3 is 0 Å². The van der Waals surface area contributed by atoms with E-state index in [0.29, 0.717) is 16.5 Å². The summed E-state index contributed by atoms with van der Waals surface area (Å²) in [5, 5.41) is 11.4. The molecule has 1 amide bonds. The number of aromatic nitrogens is 2. The third-order valence-electron chi connectivity index (χ3n) is 3.98. The van der Waals surface area contributed by atoms with Crippen molar-refractivity contribution >= 4 is 58.1 Å². The zero-order valence-corrected chi connectivity index (χ0v) is 19.8. The van der Waals surface area contributed by atoms with Crippen LogP contribution in [0.2, 0.25) is 5.02 Å². The van der Waals surface area contributed by atoms with E-state index in [4.69, 9.17) is 21.1 Å². The quantitative estimate of drug-likeness (QED) is 0.397. The van der Waals surface area contributed by atoms with Crippen LogP contribution in [0.3, 0.4) is 0 Å². The predicted molar refractivity (Wildman–Crippen MR) is 124 cm³/mol. The molecular weight excluding hydrogens is 462 g/mol. The van der Waals surface area contributed by atoms with Crippen LogP contribution in [0.25, 0.3) is 0 Å². The molecule has 0 spiro atoms. The maximum absolute atomic E-state index is 12.5. The predicted octanol–water partition coefficient (Wildman–Crippen LogP) is 5.62. The number of nitrogens with one attached hydrogen (secondary N) is 1. The van der Waals surface area contributed by atoms with Crippen LogP contribution in [-0.4, -0.2) is 35.6 Å². The van der Waals surface area contributed by atoms with Crippen LogP contribution < -0.4 is 14.8 Å².